The van der Waals surface area contributed by atoms with Crippen molar-refractivity contribution in [2.45, 2.75) is 0 Å². The van der Waals surface area contributed by atoms with Gasteiger partial charge in [-0.15, -0.1) is 10.2 Å². The Bertz CT molecular complexity index is 956. The van der Waals surface area contributed by atoms with E-state index in [0.29, 0.717) is 5.56 Å². The largest absolute Gasteiger partial charge is 0.478 e. The first-order chi connectivity index (χ1) is 12.2. The zero-order valence-electron chi connectivity index (χ0n) is 12.8. The van der Waals surface area contributed by atoms with Crippen molar-refractivity contribution in [2.75, 3.05) is 5.32 Å². The number of anilines is 1. The highest BCUT2D eigenvalue weighted by atomic mass is 16.4. The number of tetrazole rings is 1. The van der Waals surface area contributed by atoms with E-state index in [4.69, 9.17) is 5.26 Å². The Morgan fingerprint density at radius 2 is 1.96 bits per heavy atom. The van der Waals surface area contributed by atoms with Crippen LogP contribution in [0.1, 0.15) is 16.2 Å². The maximum atomic E-state index is 11.3. The molecule has 0 bridgehead atoms. The molecule has 8 heteroatoms. The van der Waals surface area contributed by atoms with Crippen LogP contribution in [-0.4, -0.2) is 31.7 Å². The normalized spacial score (nSPS) is 10.9. The molecule has 8 nitrogen and oxygen atoms in total. The lowest BCUT2D eigenvalue weighted by Gasteiger charge is -2.07. The second kappa shape index (κ2) is 7.06. The van der Waals surface area contributed by atoms with Crippen LogP contribution in [0.25, 0.3) is 16.7 Å². The second-order valence-corrected chi connectivity index (χ2v) is 4.98. The van der Waals surface area contributed by atoms with Crippen LogP contribution in [-0.2, 0) is 0 Å². The molecule has 0 atom stereocenters. The van der Waals surface area contributed by atoms with Gasteiger partial charge in [0, 0.05) is 11.9 Å². The summed E-state index contributed by atoms with van der Waals surface area (Å²) in [7, 11) is 0. The summed E-state index contributed by atoms with van der Waals surface area (Å²) in [6, 6.07) is 16.0. The van der Waals surface area contributed by atoms with Crippen molar-refractivity contribution in [3.8, 4) is 17.2 Å². The van der Waals surface area contributed by atoms with Crippen LogP contribution >= 0.6 is 0 Å². The third-order valence-electron chi connectivity index (χ3n) is 3.44. The number of H-pyrrole nitrogens is 1. The molecule has 2 aromatic carbocycles. The number of nitrogens with zero attached hydrogens (tertiary/aromatic N) is 4. The monoisotopic (exact) mass is 332 g/mol. The van der Waals surface area contributed by atoms with Gasteiger partial charge < -0.3 is 10.4 Å². The molecule has 1 heterocycles. The topological polar surface area (TPSA) is 128 Å². The number of nitriles is 1. The molecule has 3 rings (SSSR count). The van der Waals surface area contributed by atoms with Gasteiger partial charge in [-0.3, -0.25) is 0 Å². The van der Waals surface area contributed by atoms with Gasteiger partial charge in [0.25, 0.3) is 0 Å². The lowest BCUT2D eigenvalue weighted by atomic mass is 9.99. The van der Waals surface area contributed by atoms with E-state index < -0.39 is 5.97 Å². The van der Waals surface area contributed by atoms with E-state index in [2.05, 4.69) is 25.9 Å². The van der Waals surface area contributed by atoms with E-state index in [1.165, 1.54) is 6.20 Å². The highest BCUT2D eigenvalue weighted by Gasteiger charge is 2.10. The van der Waals surface area contributed by atoms with Crippen molar-refractivity contribution in [1.29, 1.82) is 5.26 Å². The first-order valence-electron chi connectivity index (χ1n) is 7.22. The number of hydrogen-bond acceptors (Lipinski definition) is 6. The molecule has 0 radical (unpaired) electrons. The van der Waals surface area contributed by atoms with Crippen LogP contribution in [0, 0.1) is 11.3 Å². The quantitative estimate of drug-likeness (QED) is 0.612. The van der Waals surface area contributed by atoms with Gasteiger partial charge >= 0.3 is 5.97 Å². The zero-order valence-corrected chi connectivity index (χ0v) is 12.8. The lowest BCUT2D eigenvalue weighted by molar-refractivity contribution is 0.0697. The van der Waals surface area contributed by atoms with Gasteiger partial charge in [0.05, 0.1) is 5.56 Å². The molecule has 0 saturated carbocycles. The number of carbonyl (C=O) groups is 1. The fraction of sp³-hybridized carbons (Fsp3) is 0. The van der Waals surface area contributed by atoms with Crippen molar-refractivity contribution in [3.63, 3.8) is 0 Å². The molecule has 0 aliphatic heterocycles. The highest BCUT2D eigenvalue weighted by molar-refractivity contribution is 5.96. The van der Waals surface area contributed by atoms with E-state index in [9.17, 15) is 9.90 Å². The van der Waals surface area contributed by atoms with Gasteiger partial charge in [0.1, 0.15) is 11.6 Å². The van der Waals surface area contributed by atoms with Crippen molar-refractivity contribution >= 4 is 17.2 Å². The molecule has 0 fully saturated rings. The third kappa shape index (κ3) is 3.51. The Hall–Kier alpha value is -3.99. The number of aromatic nitrogens is 4. The van der Waals surface area contributed by atoms with Crippen LogP contribution in [0.5, 0.6) is 0 Å². The standard InChI is InChI=1S/C17H12N6O2/c18-9-12(16-20-22-23-21-16)10-19-13-7-5-11(6-8-13)14-3-1-2-4-15(14)17(24)25/h1-8,10,19H,(H,24,25)(H,20,21,22,23). The van der Waals surface area contributed by atoms with Crippen LogP contribution < -0.4 is 5.32 Å². The summed E-state index contributed by atoms with van der Waals surface area (Å²) in [5.41, 5.74) is 2.63. The summed E-state index contributed by atoms with van der Waals surface area (Å²) in [6.07, 6.45) is 1.48. The number of nitrogens with one attached hydrogen (secondary N) is 2. The number of rotatable bonds is 5. The van der Waals surface area contributed by atoms with E-state index >= 15 is 0 Å². The fourth-order valence-electron chi connectivity index (χ4n) is 2.25. The number of allylic oxidation sites excluding steroid dienone is 1. The molecule has 3 N–H and O–H groups in total. The molecule has 0 unspecified atom stereocenters. The molecule has 1 aromatic heterocycles. The number of aromatic carboxylic acids is 1. The molecule has 3 aromatic rings. The molecule has 0 aliphatic rings. The smallest absolute Gasteiger partial charge is 0.336 e. The average molecular weight is 332 g/mol. The highest BCUT2D eigenvalue weighted by Crippen LogP contribution is 2.25. The maximum absolute atomic E-state index is 11.3. The summed E-state index contributed by atoms with van der Waals surface area (Å²) in [4.78, 5) is 11.3. The van der Waals surface area contributed by atoms with Crippen LogP contribution in [0.15, 0.2) is 54.7 Å². The van der Waals surface area contributed by atoms with E-state index in [-0.39, 0.29) is 17.0 Å². The minimum atomic E-state index is -0.973. The molecule has 0 aliphatic carbocycles. The fourth-order valence-corrected chi connectivity index (χ4v) is 2.25. The first-order valence-corrected chi connectivity index (χ1v) is 7.22. The Labute approximate surface area is 142 Å². The Morgan fingerprint density at radius 3 is 2.60 bits per heavy atom. The Kier molecular flexibility index (Phi) is 4.49. The average Bonchev–Trinajstić information content (AvgIpc) is 3.17. The molecule has 0 amide bonds. The second-order valence-electron chi connectivity index (χ2n) is 4.98. The van der Waals surface area contributed by atoms with Crippen molar-refractivity contribution in [3.05, 3.63) is 66.1 Å². The minimum Gasteiger partial charge on any atom is -0.478 e. The van der Waals surface area contributed by atoms with Crippen LogP contribution in [0.4, 0.5) is 5.69 Å². The minimum absolute atomic E-state index is 0.196. The zero-order chi connectivity index (χ0) is 17.6. The molecular formula is C17H12N6O2. The number of benzene rings is 2. The van der Waals surface area contributed by atoms with Crippen LogP contribution in [0.2, 0.25) is 0 Å². The summed E-state index contributed by atoms with van der Waals surface area (Å²) in [6.45, 7) is 0. The van der Waals surface area contributed by atoms with Gasteiger partial charge in [0.2, 0.25) is 5.82 Å². The van der Waals surface area contributed by atoms with Crippen molar-refractivity contribution in [1.82, 2.24) is 20.6 Å². The Morgan fingerprint density at radius 1 is 1.20 bits per heavy atom. The van der Waals surface area contributed by atoms with Gasteiger partial charge in [-0.1, -0.05) is 30.3 Å². The maximum Gasteiger partial charge on any atom is 0.336 e. The number of carboxylic acids is 1. The number of aromatic amines is 1. The number of hydrogen-bond donors (Lipinski definition) is 3. The Balaban J connectivity index is 1.82. The lowest BCUT2D eigenvalue weighted by Crippen LogP contribution is -1.99. The molecule has 122 valence electrons. The molecular weight excluding hydrogens is 320 g/mol. The molecule has 25 heavy (non-hydrogen) atoms. The predicted octanol–water partition coefficient (Wildman–Crippen LogP) is 2.54. The van der Waals surface area contributed by atoms with Crippen LogP contribution in [0.3, 0.4) is 0 Å². The van der Waals surface area contributed by atoms with E-state index in [1.54, 1.807) is 48.5 Å². The molecule has 0 spiro atoms. The first kappa shape index (κ1) is 15.9. The SMILES string of the molecule is N#CC(=CNc1ccc(-c2ccccc2C(=O)O)cc1)c1nn[nH]n1. The van der Waals surface area contributed by atoms with Gasteiger partial charge in [-0.25, -0.2) is 4.79 Å². The summed E-state index contributed by atoms with van der Waals surface area (Å²) in [5, 5.41) is 34.6. The van der Waals surface area contributed by atoms with E-state index in [0.717, 1.165) is 11.3 Å². The van der Waals surface area contributed by atoms with Gasteiger partial charge in [-0.05, 0) is 34.5 Å². The van der Waals surface area contributed by atoms with Crippen molar-refractivity contribution in [2.24, 2.45) is 0 Å². The summed E-state index contributed by atoms with van der Waals surface area (Å²) in [5.74, 6) is -0.776. The third-order valence-corrected chi connectivity index (χ3v) is 3.44. The van der Waals surface area contributed by atoms with Gasteiger partial charge in [-0.2, -0.15) is 10.5 Å². The number of carboxylic acid groups (broad SMARTS) is 1. The summed E-state index contributed by atoms with van der Waals surface area (Å²) >= 11 is 0. The van der Waals surface area contributed by atoms with Gasteiger partial charge in [0.15, 0.2) is 0 Å². The molecule has 0 saturated heterocycles. The summed E-state index contributed by atoms with van der Waals surface area (Å²) < 4.78 is 0. The van der Waals surface area contributed by atoms with Crippen molar-refractivity contribution < 1.29 is 9.90 Å². The predicted molar refractivity (Wildman–Crippen MR) is 90.2 cm³/mol. The van der Waals surface area contributed by atoms with E-state index in [1.807, 2.05) is 6.07 Å².